The maximum absolute atomic E-state index is 14.0. The topological polar surface area (TPSA) is 80.2 Å². The Morgan fingerprint density at radius 2 is 2.00 bits per heavy atom. The SMILES string of the molecule is CN1C[C@@H](F)C[C@H](Nc2nnc(-c3ccc(C(F)(F)F)cc3OC=O)c3ccncc23)C1. The predicted octanol–water partition coefficient (Wildman–Crippen LogP) is 3.70. The number of nitrogens with one attached hydrogen (secondary N) is 1. The van der Waals surface area contributed by atoms with Gasteiger partial charge in [-0.2, -0.15) is 13.2 Å². The first-order chi connectivity index (χ1) is 15.3. The van der Waals surface area contributed by atoms with Crippen LogP contribution in [0.1, 0.15) is 12.0 Å². The Morgan fingerprint density at radius 3 is 2.72 bits per heavy atom. The molecule has 0 bridgehead atoms. The van der Waals surface area contributed by atoms with Gasteiger partial charge in [-0.25, -0.2) is 4.39 Å². The van der Waals surface area contributed by atoms with Crippen molar-refractivity contribution in [2.24, 2.45) is 0 Å². The molecule has 0 amide bonds. The van der Waals surface area contributed by atoms with E-state index >= 15 is 0 Å². The van der Waals surface area contributed by atoms with Crippen molar-refractivity contribution in [3.8, 4) is 17.0 Å². The molecule has 0 saturated carbocycles. The molecule has 32 heavy (non-hydrogen) atoms. The number of fused-ring (bicyclic) bond motifs is 1. The number of halogens is 4. The molecule has 168 valence electrons. The van der Waals surface area contributed by atoms with Crippen LogP contribution in [0.25, 0.3) is 22.0 Å². The molecule has 2 atom stereocenters. The second-order valence-electron chi connectivity index (χ2n) is 7.64. The minimum Gasteiger partial charge on any atom is -0.428 e. The molecule has 3 aromatic rings. The number of alkyl halides is 4. The summed E-state index contributed by atoms with van der Waals surface area (Å²) in [5, 5.41) is 12.7. The van der Waals surface area contributed by atoms with Gasteiger partial charge in [-0.3, -0.25) is 9.78 Å². The summed E-state index contributed by atoms with van der Waals surface area (Å²) in [6.45, 7) is 1.03. The maximum Gasteiger partial charge on any atom is 0.416 e. The highest BCUT2D eigenvalue weighted by atomic mass is 19.4. The van der Waals surface area contributed by atoms with Crippen molar-refractivity contribution in [1.82, 2.24) is 20.1 Å². The lowest BCUT2D eigenvalue weighted by Gasteiger charge is -2.32. The molecular formula is C21H19F4N5O2. The van der Waals surface area contributed by atoms with Crippen LogP contribution in [0.2, 0.25) is 0 Å². The molecule has 1 N–H and O–H groups in total. The van der Waals surface area contributed by atoms with Crippen LogP contribution in [0.15, 0.2) is 36.7 Å². The largest absolute Gasteiger partial charge is 0.428 e. The molecule has 1 aliphatic heterocycles. The van der Waals surface area contributed by atoms with Gasteiger partial charge in [0.2, 0.25) is 0 Å². The quantitative estimate of drug-likeness (QED) is 0.470. The monoisotopic (exact) mass is 449 g/mol. The van der Waals surface area contributed by atoms with Crippen LogP contribution >= 0.6 is 0 Å². The Labute approximate surface area is 180 Å². The highest BCUT2D eigenvalue weighted by molar-refractivity contribution is 6.00. The number of likely N-dealkylation sites (tertiary alicyclic amines) is 1. The molecule has 0 aliphatic carbocycles. The fourth-order valence-electron chi connectivity index (χ4n) is 3.89. The molecule has 3 heterocycles. The van der Waals surface area contributed by atoms with E-state index in [1.165, 1.54) is 12.3 Å². The van der Waals surface area contributed by atoms with Crippen molar-refractivity contribution < 1.29 is 27.1 Å². The lowest BCUT2D eigenvalue weighted by atomic mass is 10.0. The minimum absolute atomic E-state index is 0.0546. The van der Waals surface area contributed by atoms with E-state index in [2.05, 4.69) is 20.5 Å². The van der Waals surface area contributed by atoms with Gasteiger partial charge in [0.15, 0.2) is 5.82 Å². The number of nitrogens with zero attached hydrogens (tertiary/aromatic N) is 4. The summed E-state index contributed by atoms with van der Waals surface area (Å²) in [6.07, 6.45) is -2.22. The number of benzene rings is 1. The van der Waals surface area contributed by atoms with Gasteiger partial charge in [-0.1, -0.05) is 0 Å². The number of piperidine rings is 1. The summed E-state index contributed by atoms with van der Waals surface area (Å²) in [6, 6.07) is 4.24. The van der Waals surface area contributed by atoms with E-state index < -0.39 is 17.9 Å². The third-order valence-electron chi connectivity index (χ3n) is 5.24. The van der Waals surface area contributed by atoms with Gasteiger partial charge in [-0.15, -0.1) is 10.2 Å². The van der Waals surface area contributed by atoms with Crippen molar-refractivity contribution in [3.05, 3.63) is 42.2 Å². The average molecular weight is 449 g/mol. The van der Waals surface area contributed by atoms with Gasteiger partial charge in [0.05, 0.1) is 5.56 Å². The Bertz CT molecular complexity index is 1130. The average Bonchev–Trinajstić information content (AvgIpc) is 2.73. The van der Waals surface area contributed by atoms with Gasteiger partial charge >= 0.3 is 6.18 Å². The molecule has 1 saturated heterocycles. The van der Waals surface area contributed by atoms with Gasteiger partial charge in [-0.05, 0) is 31.3 Å². The zero-order valence-electron chi connectivity index (χ0n) is 16.9. The van der Waals surface area contributed by atoms with Crippen molar-refractivity contribution >= 4 is 23.1 Å². The van der Waals surface area contributed by atoms with E-state index in [9.17, 15) is 22.4 Å². The molecule has 7 nitrogen and oxygen atoms in total. The van der Waals surface area contributed by atoms with Crippen molar-refractivity contribution in [2.75, 3.05) is 25.5 Å². The number of carbonyl (C=O) groups is 1. The summed E-state index contributed by atoms with van der Waals surface area (Å²) in [7, 11) is 1.83. The molecule has 0 spiro atoms. The van der Waals surface area contributed by atoms with Gasteiger partial charge in [0, 0.05) is 54.3 Å². The number of likely N-dealkylation sites (N-methyl/N-ethyl adjacent to an activating group) is 1. The number of hydrogen-bond donors (Lipinski definition) is 1. The van der Waals surface area contributed by atoms with E-state index in [1.807, 2.05) is 11.9 Å². The molecule has 0 unspecified atom stereocenters. The molecule has 0 radical (unpaired) electrons. The van der Waals surface area contributed by atoms with E-state index in [0.29, 0.717) is 36.1 Å². The lowest BCUT2D eigenvalue weighted by Crippen LogP contribution is -2.45. The summed E-state index contributed by atoms with van der Waals surface area (Å²) in [4.78, 5) is 16.9. The number of anilines is 1. The zero-order chi connectivity index (χ0) is 22.9. The van der Waals surface area contributed by atoms with E-state index in [1.54, 1.807) is 12.3 Å². The molecule has 1 aromatic carbocycles. The van der Waals surface area contributed by atoms with Crippen LogP contribution in [0.5, 0.6) is 5.75 Å². The first kappa shape index (κ1) is 21.9. The normalized spacial score (nSPS) is 19.7. The van der Waals surface area contributed by atoms with Crippen LogP contribution in [0.4, 0.5) is 23.4 Å². The Balaban J connectivity index is 1.77. The van der Waals surface area contributed by atoms with E-state index in [4.69, 9.17) is 4.74 Å². The smallest absolute Gasteiger partial charge is 0.416 e. The Hall–Kier alpha value is -3.34. The fourth-order valence-corrected chi connectivity index (χ4v) is 3.89. The van der Waals surface area contributed by atoms with Crippen molar-refractivity contribution in [1.29, 1.82) is 0 Å². The van der Waals surface area contributed by atoms with E-state index in [0.717, 1.165) is 12.1 Å². The standard InChI is InChI=1S/C21H19F4N5O2/c1-30-9-13(22)7-14(10-30)27-20-17-8-26-5-4-15(17)19(28-29-20)16-3-2-12(21(23,24)25)6-18(16)32-11-31/h2-6,8,11,13-14H,7,9-10H2,1H3,(H,27,29)/t13-,14-/m0/s1. The third kappa shape index (κ3) is 4.47. The Kier molecular flexibility index (Phi) is 5.92. The predicted molar refractivity (Wildman–Crippen MR) is 109 cm³/mol. The summed E-state index contributed by atoms with van der Waals surface area (Å²) >= 11 is 0. The van der Waals surface area contributed by atoms with Gasteiger partial charge in [0.25, 0.3) is 6.47 Å². The highest BCUT2D eigenvalue weighted by Crippen LogP contribution is 2.39. The third-order valence-corrected chi connectivity index (χ3v) is 5.24. The van der Waals surface area contributed by atoms with Gasteiger partial charge < -0.3 is 15.0 Å². The summed E-state index contributed by atoms with van der Waals surface area (Å²) in [5.41, 5.74) is -0.568. The lowest BCUT2D eigenvalue weighted by molar-refractivity contribution is -0.138. The number of pyridine rings is 1. The van der Waals surface area contributed by atoms with Gasteiger partial charge in [0.1, 0.15) is 17.6 Å². The number of hydrogen-bond acceptors (Lipinski definition) is 7. The summed E-state index contributed by atoms with van der Waals surface area (Å²) in [5.74, 6) is 0.0891. The molecule has 1 aliphatic rings. The number of rotatable bonds is 5. The van der Waals surface area contributed by atoms with Crippen molar-refractivity contribution in [2.45, 2.75) is 24.8 Å². The molecular weight excluding hydrogens is 430 g/mol. The van der Waals surface area contributed by atoms with E-state index in [-0.39, 0.29) is 29.5 Å². The van der Waals surface area contributed by atoms with Crippen LogP contribution in [-0.2, 0) is 11.0 Å². The fraction of sp³-hybridized carbons (Fsp3) is 0.333. The number of carbonyl (C=O) groups excluding carboxylic acids is 1. The maximum atomic E-state index is 14.0. The number of aromatic nitrogens is 3. The zero-order valence-corrected chi connectivity index (χ0v) is 16.9. The molecule has 2 aromatic heterocycles. The first-order valence-electron chi connectivity index (χ1n) is 9.77. The molecule has 11 heteroatoms. The molecule has 4 rings (SSSR count). The summed E-state index contributed by atoms with van der Waals surface area (Å²) < 4.78 is 58.1. The van der Waals surface area contributed by atoms with Crippen molar-refractivity contribution in [3.63, 3.8) is 0 Å². The minimum atomic E-state index is -4.60. The van der Waals surface area contributed by atoms with Crippen LogP contribution in [0.3, 0.4) is 0 Å². The second kappa shape index (κ2) is 8.65. The van der Waals surface area contributed by atoms with Crippen LogP contribution < -0.4 is 10.1 Å². The van der Waals surface area contributed by atoms with Crippen LogP contribution in [-0.4, -0.2) is 58.9 Å². The Morgan fingerprint density at radius 1 is 1.19 bits per heavy atom. The second-order valence-corrected chi connectivity index (χ2v) is 7.64. The van der Waals surface area contributed by atoms with Crippen LogP contribution in [0, 0.1) is 0 Å². The molecule has 1 fully saturated rings. The number of ether oxygens (including phenoxy) is 1. The highest BCUT2D eigenvalue weighted by Gasteiger charge is 2.32. The first-order valence-corrected chi connectivity index (χ1v) is 9.77.